The predicted molar refractivity (Wildman–Crippen MR) is 57.1 cm³/mol. The van der Waals surface area contributed by atoms with E-state index >= 15 is 0 Å². The molecule has 0 unspecified atom stereocenters. The molecule has 0 amide bonds. The molecule has 14 heavy (non-hydrogen) atoms. The van der Waals surface area contributed by atoms with E-state index in [1.165, 1.54) is 6.07 Å². The van der Waals surface area contributed by atoms with Crippen LogP contribution in [0.15, 0.2) is 22.7 Å². The fourth-order valence-electron chi connectivity index (χ4n) is 1.13. The van der Waals surface area contributed by atoms with Crippen LogP contribution in [-0.2, 0) is 0 Å². The van der Waals surface area contributed by atoms with Crippen LogP contribution < -0.4 is 11.5 Å². The van der Waals surface area contributed by atoms with Gasteiger partial charge in [0.2, 0.25) is 0 Å². The van der Waals surface area contributed by atoms with E-state index in [0.717, 1.165) is 0 Å². The van der Waals surface area contributed by atoms with Crippen molar-refractivity contribution in [2.24, 2.45) is 11.5 Å². The van der Waals surface area contributed by atoms with E-state index < -0.39 is 5.97 Å². The lowest BCUT2D eigenvalue weighted by molar-refractivity contribution is 0.0695. The maximum atomic E-state index is 10.8. The number of benzene rings is 1. The number of carbonyl (C=O) groups is 1. The highest BCUT2D eigenvalue weighted by molar-refractivity contribution is 9.10. The third-order valence-corrected chi connectivity index (χ3v) is 2.80. The summed E-state index contributed by atoms with van der Waals surface area (Å²) in [6, 6.07) is 4.58. The number of carboxylic acid groups (broad SMARTS) is 1. The summed E-state index contributed by atoms with van der Waals surface area (Å²) < 4.78 is 0.505. The molecule has 0 bridgehead atoms. The highest BCUT2D eigenvalue weighted by atomic mass is 79.9. The molecule has 5 N–H and O–H groups in total. The van der Waals surface area contributed by atoms with Crippen molar-refractivity contribution in [3.05, 3.63) is 33.8 Å². The van der Waals surface area contributed by atoms with Gasteiger partial charge in [-0.3, -0.25) is 0 Å². The van der Waals surface area contributed by atoms with Gasteiger partial charge in [0.15, 0.2) is 0 Å². The van der Waals surface area contributed by atoms with Crippen LogP contribution >= 0.6 is 15.9 Å². The second-order valence-corrected chi connectivity index (χ2v) is 3.65. The molecular formula is C9H11BrN2O2. The molecule has 0 spiro atoms. The maximum Gasteiger partial charge on any atom is 0.336 e. The average molecular weight is 259 g/mol. The van der Waals surface area contributed by atoms with Crippen molar-refractivity contribution in [2.75, 3.05) is 6.54 Å². The Morgan fingerprint density at radius 1 is 1.57 bits per heavy atom. The molecule has 0 aliphatic heterocycles. The second-order valence-electron chi connectivity index (χ2n) is 2.86. The van der Waals surface area contributed by atoms with E-state index in [2.05, 4.69) is 15.9 Å². The maximum absolute atomic E-state index is 10.8. The van der Waals surface area contributed by atoms with Crippen LogP contribution in [-0.4, -0.2) is 17.6 Å². The summed E-state index contributed by atoms with van der Waals surface area (Å²) >= 11 is 3.21. The fraction of sp³-hybridized carbons (Fsp3) is 0.222. The molecular weight excluding hydrogens is 248 g/mol. The Kier molecular flexibility index (Phi) is 3.62. The number of carboxylic acids is 1. The van der Waals surface area contributed by atoms with Crippen molar-refractivity contribution in [1.82, 2.24) is 0 Å². The standard InChI is InChI=1S/C9H11BrN2O2/c10-8-5(7(12)4-11)2-1-3-6(8)9(13)14/h1-3,7H,4,11-12H2,(H,13,14)/t7-/m1/s1. The molecule has 0 heterocycles. The molecule has 0 aromatic heterocycles. The van der Waals surface area contributed by atoms with Crippen LogP contribution in [0.1, 0.15) is 22.0 Å². The van der Waals surface area contributed by atoms with Gasteiger partial charge in [0.25, 0.3) is 0 Å². The van der Waals surface area contributed by atoms with E-state index in [1.807, 2.05) is 0 Å². The molecule has 4 nitrogen and oxygen atoms in total. The van der Waals surface area contributed by atoms with Gasteiger partial charge < -0.3 is 16.6 Å². The molecule has 1 atom stereocenters. The number of aromatic carboxylic acids is 1. The fourth-order valence-corrected chi connectivity index (χ4v) is 1.86. The molecule has 0 saturated carbocycles. The van der Waals surface area contributed by atoms with Crippen LogP contribution in [0.2, 0.25) is 0 Å². The largest absolute Gasteiger partial charge is 0.478 e. The van der Waals surface area contributed by atoms with Crippen molar-refractivity contribution in [1.29, 1.82) is 0 Å². The minimum absolute atomic E-state index is 0.200. The monoisotopic (exact) mass is 258 g/mol. The third-order valence-electron chi connectivity index (χ3n) is 1.91. The van der Waals surface area contributed by atoms with Crippen LogP contribution in [0.25, 0.3) is 0 Å². The first-order valence-corrected chi connectivity index (χ1v) is 4.84. The quantitative estimate of drug-likeness (QED) is 0.758. The van der Waals surface area contributed by atoms with Gasteiger partial charge in [-0.1, -0.05) is 12.1 Å². The number of hydrogen-bond donors (Lipinski definition) is 3. The number of nitrogens with two attached hydrogens (primary N) is 2. The van der Waals surface area contributed by atoms with Crippen LogP contribution in [0.5, 0.6) is 0 Å². The summed E-state index contributed by atoms with van der Waals surface area (Å²) in [5, 5.41) is 8.84. The van der Waals surface area contributed by atoms with Crippen LogP contribution in [0.4, 0.5) is 0 Å². The van der Waals surface area contributed by atoms with Gasteiger partial charge in [0.05, 0.1) is 5.56 Å². The Balaban J connectivity index is 3.20. The Bertz CT molecular complexity index is 355. The Hall–Kier alpha value is -0.910. The highest BCUT2D eigenvalue weighted by Gasteiger charge is 2.14. The molecule has 5 heteroatoms. The average Bonchev–Trinajstić information content (AvgIpc) is 2.16. The van der Waals surface area contributed by atoms with Crippen LogP contribution in [0, 0.1) is 0 Å². The zero-order valence-corrected chi connectivity index (χ0v) is 8.99. The number of rotatable bonds is 3. The van der Waals surface area contributed by atoms with Crippen molar-refractivity contribution in [2.45, 2.75) is 6.04 Å². The molecule has 0 fully saturated rings. The lowest BCUT2D eigenvalue weighted by Gasteiger charge is -2.12. The first kappa shape index (κ1) is 11.2. The molecule has 1 rings (SSSR count). The van der Waals surface area contributed by atoms with E-state index in [0.29, 0.717) is 10.0 Å². The van der Waals surface area contributed by atoms with Gasteiger partial charge in [-0.15, -0.1) is 0 Å². The SMILES string of the molecule is NC[C@@H](N)c1cccc(C(=O)O)c1Br. The Morgan fingerprint density at radius 3 is 2.71 bits per heavy atom. The number of hydrogen-bond acceptors (Lipinski definition) is 3. The minimum atomic E-state index is -0.983. The van der Waals surface area contributed by atoms with Gasteiger partial charge in [0.1, 0.15) is 0 Å². The Morgan fingerprint density at radius 2 is 2.21 bits per heavy atom. The zero-order chi connectivity index (χ0) is 10.7. The predicted octanol–water partition coefficient (Wildman–Crippen LogP) is 1.11. The highest BCUT2D eigenvalue weighted by Crippen LogP contribution is 2.25. The summed E-state index contributed by atoms with van der Waals surface area (Å²) in [5.41, 5.74) is 12.0. The zero-order valence-electron chi connectivity index (χ0n) is 7.40. The van der Waals surface area contributed by atoms with Crippen LogP contribution in [0.3, 0.4) is 0 Å². The van der Waals surface area contributed by atoms with Crippen molar-refractivity contribution in [3.8, 4) is 0 Å². The molecule has 0 saturated heterocycles. The summed E-state index contributed by atoms with van der Waals surface area (Å²) in [7, 11) is 0. The second kappa shape index (κ2) is 4.54. The first-order chi connectivity index (χ1) is 6.57. The van der Waals surface area contributed by atoms with Crippen molar-refractivity contribution in [3.63, 3.8) is 0 Å². The molecule has 0 aliphatic rings. The summed E-state index contributed by atoms with van der Waals surface area (Å²) in [5.74, 6) is -0.983. The smallest absolute Gasteiger partial charge is 0.336 e. The van der Waals surface area contributed by atoms with Gasteiger partial charge in [-0.25, -0.2) is 4.79 Å². The van der Waals surface area contributed by atoms with E-state index in [-0.39, 0.29) is 18.2 Å². The normalized spacial score (nSPS) is 12.5. The third kappa shape index (κ3) is 2.12. The van der Waals surface area contributed by atoms with Crippen molar-refractivity contribution < 1.29 is 9.90 Å². The molecule has 76 valence electrons. The van der Waals surface area contributed by atoms with Gasteiger partial charge in [0, 0.05) is 17.1 Å². The van der Waals surface area contributed by atoms with Gasteiger partial charge >= 0.3 is 5.97 Å². The topological polar surface area (TPSA) is 89.3 Å². The van der Waals surface area contributed by atoms with E-state index in [9.17, 15) is 4.79 Å². The van der Waals surface area contributed by atoms with E-state index in [4.69, 9.17) is 16.6 Å². The summed E-state index contributed by atoms with van der Waals surface area (Å²) in [4.78, 5) is 10.8. The number of halogens is 1. The lowest BCUT2D eigenvalue weighted by Crippen LogP contribution is -2.21. The molecule has 0 radical (unpaired) electrons. The molecule has 1 aromatic carbocycles. The molecule has 0 aliphatic carbocycles. The van der Waals surface area contributed by atoms with Gasteiger partial charge in [-0.2, -0.15) is 0 Å². The van der Waals surface area contributed by atoms with Gasteiger partial charge in [-0.05, 0) is 27.6 Å². The summed E-state index contributed by atoms with van der Waals surface area (Å²) in [6.45, 7) is 0.279. The van der Waals surface area contributed by atoms with Crippen molar-refractivity contribution >= 4 is 21.9 Å². The minimum Gasteiger partial charge on any atom is -0.478 e. The first-order valence-electron chi connectivity index (χ1n) is 4.05. The summed E-state index contributed by atoms with van der Waals surface area (Å²) in [6.07, 6.45) is 0. The van der Waals surface area contributed by atoms with E-state index in [1.54, 1.807) is 12.1 Å². The Labute approximate surface area is 90.0 Å². The molecule has 1 aromatic rings. The lowest BCUT2D eigenvalue weighted by atomic mass is 10.0.